The van der Waals surface area contributed by atoms with Crippen LogP contribution in [0.2, 0.25) is 0 Å². The van der Waals surface area contributed by atoms with Gasteiger partial charge in [0, 0.05) is 0 Å². The zero-order chi connectivity index (χ0) is 8.10. The lowest BCUT2D eigenvalue weighted by atomic mass is 10.1. The fraction of sp³-hybridized carbons (Fsp3) is 0.111. The second kappa shape index (κ2) is 4.11. The van der Waals surface area contributed by atoms with Crippen LogP contribution in [0.3, 0.4) is 0 Å². The topological polar surface area (TPSA) is 9.23 Å². The molecule has 1 aromatic rings. The van der Waals surface area contributed by atoms with Crippen LogP contribution in [0.5, 0.6) is 0 Å². The van der Waals surface area contributed by atoms with E-state index < -0.39 is 0 Å². The maximum atomic E-state index is 5.11. The molecule has 1 aromatic carbocycles. The predicted octanol–water partition coefficient (Wildman–Crippen LogP) is 1.13. The SMILES string of the molecule is C=Cc1ccc(CO[SiH3])cc1. The van der Waals surface area contributed by atoms with Gasteiger partial charge in [0.1, 0.15) is 10.5 Å². The van der Waals surface area contributed by atoms with Gasteiger partial charge in [0.15, 0.2) is 0 Å². The Morgan fingerprint density at radius 3 is 2.45 bits per heavy atom. The summed E-state index contributed by atoms with van der Waals surface area (Å²) in [5, 5.41) is 0. The Bertz CT molecular complexity index is 228. The Labute approximate surface area is 70.2 Å². The average Bonchev–Trinajstić information content (AvgIpc) is 2.07. The van der Waals surface area contributed by atoms with Crippen molar-refractivity contribution in [3.8, 4) is 0 Å². The van der Waals surface area contributed by atoms with E-state index in [1.165, 1.54) is 5.56 Å². The molecule has 0 saturated heterocycles. The van der Waals surface area contributed by atoms with E-state index in [4.69, 9.17) is 4.43 Å². The monoisotopic (exact) mass is 164 g/mol. The van der Waals surface area contributed by atoms with Gasteiger partial charge in [-0.25, -0.2) is 0 Å². The first-order valence-electron chi connectivity index (χ1n) is 3.57. The highest BCUT2D eigenvalue weighted by atomic mass is 28.2. The largest absolute Gasteiger partial charge is 0.424 e. The van der Waals surface area contributed by atoms with E-state index in [1.807, 2.05) is 18.2 Å². The highest BCUT2D eigenvalue weighted by molar-refractivity contribution is 5.97. The molecule has 11 heavy (non-hydrogen) atoms. The van der Waals surface area contributed by atoms with Gasteiger partial charge in [-0.1, -0.05) is 36.9 Å². The molecule has 0 bridgehead atoms. The third-order valence-electron chi connectivity index (χ3n) is 1.53. The minimum Gasteiger partial charge on any atom is -0.424 e. The van der Waals surface area contributed by atoms with Gasteiger partial charge in [-0.2, -0.15) is 0 Å². The maximum absolute atomic E-state index is 5.11. The molecule has 0 amide bonds. The van der Waals surface area contributed by atoms with E-state index in [-0.39, 0.29) is 0 Å². The van der Waals surface area contributed by atoms with Crippen LogP contribution in [-0.4, -0.2) is 10.5 Å². The molecule has 0 aliphatic carbocycles. The molecule has 58 valence electrons. The van der Waals surface area contributed by atoms with Crippen LogP contribution in [0.15, 0.2) is 30.8 Å². The van der Waals surface area contributed by atoms with E-state index >= 15 is 0 Å². The van der Waals surface area contributed by atoms with Gasteiger partial charge in [0.2, 0.25) is 0 Å². The van der Waals surface area contributed by atoms with Crippen LogP contribution in [0.25, 0.3) is 6.08 Å². The van der Waals surface area contributed by atoms with Crippen molar-refractivity contribution in [2.24, 2.45) is 0 Å². The Morgan fingerprint density at radius 1 is 1.36 bits per heavy atom. The molecule has 0 fully saturated rings. The van der Waals surface area contributed by atoms with Crippen molar-refractivity contribution in [2.45, 2.75) is 6.61 Å². The summed E-state index contributed by atoms with van der Waals surface area (Å²) < 4.78 is 5.11. The molecule has 0 aromatic heterocycles. The second-order valence-electron chi connectivity index (χ2n) is 2.38. The summed E-state index contributed by atoms with van der Waals surface area (Å²) >= 11 is 0. The van der Waals surface area contributed by atoms with Crippen LogP contribution in [-0.2, 0) is 11.0 Å². The third-order valence-corrected chi connectivity index (χ3v) is 1.82. The summed E-state index contributed by atoms with van der Waals surface area (Å²) in [4.78, 5) is 0. The Kier molecular flexibility index (Phi) is 3.07. The molecule has 0 aliphatic rings. The number of rotatable bonds is 3. The maximum Gasteiger partial charge on any atom is 0.146 e. The molecule has 0 heterocycles. The van der Waals surface area contributed by atoms with Crippen LogP contribution in [0.4, 0.5) is 0 Å². The van der Waals surface area contributed by atoms with Crippen molar-refractivity contribution in [2.75, 3.05) is 0 Å². The van der Waals surface area contributed by atoms with Gasteiger partial charge < -0.3 is 4.43 Å². The smallest absolute Gasteiger partial charge is 0.146 e. The number of hydrogen-bond acceptors (Lipinski definition) is 1. The van der Waals surface area contributed by atoms with Crippen LogP contribution < -0.4 is 0 Å². The molecule has 0 saturated carbocycles. The van der Waals surface area contributed by atoms with Crippen molar-refractivity contribution in [3.05, 3.63) is 42.0 Å². The van der Waals surface area contributed by atoms with Gasteiger partial charge in [-0.15, -0.1) is 0 Å². The van der Waals surface area contributed by atoms with E-state index in [0.29, 0.717) is 0 Å². The summed E-state index contributed by atoms with van der Waals surface area (Å²) in [6.07, 6.45) is 1.84. The van der Waals surface area contributed by atoms with E-state index in [2.05, 4.69) is 18.7 Å². The van der Waals surface area contributed by atoms with E-state index in [9.17, 15) is 0 Å². The first-order valence-corrected chi connectivity index (χ1v) is 4.39. The predicted molar refractivity (Wildman–Crippen MR) is 51.3 cm³/mol. The standard InChI is InChI=1S/C9H12OSi/c1-2-8-3-5-9(6-4-8)7-10-11/h2-6H,1,7H2,11H3. The Balaban J connectivity index is 2.74. The molecule has 1 rings (SSSR count). The van der Waals surface area contributed by atoms with Gasteiger partial charge in [0.05, 0.1) is 6.61 Å². The van der Waals surface area contributed by atoms with Gasteiger partial charge in [0.25, 0.3) is 0 Å². The summed E-state index contributed by atoms with van der Waals surface area (Å²) in [6, 6.07) is 8.22. The van der Waals surface area contributed by atoms with Crippen LogP contribution in [0.1, 0.15) is 11.1 Å². The van der Waals surface area contributed by atoms with E-state index in [0.717, 1.165) is 22.7 Å². The first-order chi connectivity index (χ1) is 5.36. The van der Waals surface area contributed by atoms with Crippen molar-refractivity contribution in [1.29, 1.82) is 0 Å². The lowest BCUT2D eigenvalue weighted by molar-refractivity contribution is 0.338. The van der Waals surface area contributed by atoms with Crippen molar-refractivity contribution in [1.82, 2.24) is 0 Å². The minimum absolute atomic E-state index is 0.740. The lowest BCUT2D eigenvalue weighted by Crippen LogP contribution is -1.87. The first kappa shape index (κ1) is 8.24. The third kappa shape index (κ3) is 2.33. The summed E-state index contributed by atoms with van der Waals surface area (Å²) in [5.41, 5.74) is 2.38. The highest BCUT2D eigenvalue weighted by Crippen LogP contribution is 2.05. The molecular formula is C9H12OSi. The summed E-state index contributed by atoms with van der Waals surface area (Å²) in [7, 11) is 0.803. The average molecular weight is 164 g/mol. The summed E-state index contributed by atoms with van der Waals surface area (Å²) in [6.45, 7) is 4.42. The van der Waals surface area contributed by atoms with Gasteiger partial charge in [-0.05, 0) is 11.1 Å². The molecule has 0 aliphatic heterocycles. The molecule has 0 radical (unpaired) electrons. The zero-order valence-corrected chi connectivity index (χ0v) is 8.71. The second-order valence-corrected chi connectivity index (χ2v) is 2.96. The van der Waals surface area contributed by atoms with Gasteiger partial charge in [-0.3, -0.25) is 0 Å². The lowest BCUT2D eigenvalue weighted by Gasteiger charge is -1.99. The minimum atomic E-state index is 0.740. The molecule has 1 nitrogen and oxygen atoms in total. The van der Waals surface area contributed by atoms with Gasteiger partial charge >= 0.3 is 0 Å². The summed E-state index contributed by atoms with van der Waals surface area (Å²) in [5.74, 6) is 0. The Hall–Kier alpha value is -0.863. The molecule has 0 N–H and O–H groups in total. The molecule has 2 heteroatoms. The normalized spacial score (nSPS) is 9.82. The van der Waals surface area contributed by atoms with Crippen molar-refractivity contribution < 1.29 is 4.43 Å². The molecule has 0 unspecified atom stereocenters. The Morgan fingerprint density at radius 2 is 2.00 bits per heavy atom. The molecule has 0 atom stereocenters. The van der Waals surface area contributed by atoms with Crippen LogP contribution in [0, 0.1) is 0 Å². The van der Waals surface area contributed by atoms with Crippen molar-refractivity contribution in [3.63, 3.8) is 0 Å². The number of benzene rings is 1. The highest BCUT2D eigenvalue weighted by Gasteiger charge is 1.89. The van der Waals surface area contributed by atoms with E-state index in [1.54, 1.807) is 0 Å². The fourth-order valence-corrected chi connectivity index (χ4v) is 1.25. The quantitative estimate of drug-likeness (QED) is 0.608. The fourth-order valence-electron chi connectivity index (χ4n) is 0.917. The van der Waals surface area contributed by atoms with Crippen molar-refractivity contribution >= 4 is 16.6 Å². The van der Waals surface area contributed by atoms with Crippen LogP contribution >= 0.6 is 0 Å². The molecule has 0 spiro atoms. The molecular weight excluding hydrogens is 152 g/mol. The zero-order valence-electron chi connectivity index (χ0n) is 6.71. The number of hydrogen-bond donors (Lipinski definition) is 0.